The molecule has 3 N–H and O–H groups in total. The van der Waals surface area contributed by atoms with Crippen LogP contribution >= 0.6 is 12.4 Å². The standard InChI is InChI=1S/C21H28N2O3.ClH/c22-15-8-13-2-1-3-14(9-15)20(13)23-21(24)17-11-16(17)12-4-5-18-19(10-12)26-7-6-25-18;/h4-5,10,13-17,20H,1-3,6-9,11,22H2,(H,23,24);1H. The fourth-order valence-corrected chi connectivity index (χ4v) is 5.44. The molecule has 1 aromatic rings. The fraction of sp³-hybridized carbons (Fsp3) is 0.667. The summed E-state index contributed by atoms with van der Waals surface area (Å²) >= 11 is 0. The molecule has 0 aromatic heterocycles. The molecule has 3 saturated carbocycles. The highest BCUT2D eigenvalue weighted by Crippen LogP contribution is 2.50. The lowest BCUT2D eigenvalue weighted by molar-refractivity contribution is -0.124. The normalized spacial score (nSPS) is 36.3. The number of hydrogen-bond donors (Lipinski definition) is 2. The van der Waals surface area contributed by atoms with E-state index in [1.807, 2.05) is 6.07 Å². The van der Waals surface area contributed by atoms with Crippen molar-refractivity contribution >= 4 is 18.3 Å². The summed E-state index contributed by atoms with van der Waals surface area (Å²) < 4.78 is 11.3. The van der Waals surface area contributed by atoms with E-state index in [2.05, 4.69) is 17.4 Å². The molecule has 1 amide bonds. The lowest BCUT2D eigenvalue weighted by atomic mass is 9.67. The molecule has 3 fully saturated rings. The molecule has 0 saturated heterocycles. The van der Waals surface area contributed by atoms with Gasteiger partial charge in [0.25, 0.3) is 0 Å². The average molecular weight is 393 g/mol. The smallest absolute Gasteiger partial charge is 0.223 e. The van der Waals surface area contributed by atoms with Gasteiger partial charge in [-0.05, 0) is 67.6 Å². The second kappa shape index (κ2) is 7.51. The van der Waals surface area contributed by atoms with Gasteiger partial charge in [0.2, 0.25) is 5.91 Å². The summed E-state index contributed by atoms with van der Waals surface area (Å²) in [5.41, 5.74) is 7.40. The molecule has 3 aliphatic carbocycles. The third-order valence-corrected chi connectivity index (χ3v) is 6.81. The van der Waals surface area contributed by atoms with E-state index in [9.17, 15) is 4.79 Å². The quantitative estimate of drug-likeness (QED) is 0.829. The van der Waals surface area contributed by atoms with Crippen LogP contribution in [0.4, 0.5) is 0 Å². The number of rotatable bonds is 3. The molecular weight excluding hydrogens is 364 g/mol. The average Bonchev–Trinajstić information content (AvgIpc) is 3.43. The van der Waals surface area contributed by atoms with Crippen LogP contribution in [0.15, 0.2) is 18.2 Å². The highest BCUT2D eigenvalue weighted by Gasteiger charge is 2.47. The number of amides is 1. The van der Waals surface area contributed by atoms with Crippen molar-refractivity contribution in [3.05, 3.63) is 23.8 Å². The van der Waals surface area contributed by atoms with Crippen LogP contribution in [0.5, 0.6) is 11.5 Å². The van der Waals surface area contributed by atoms with Crippen LogP contribution in [-0.2, 0) is 4.79 Å². The van der Waals surface area contributed by atoms with Crippen molar-refractivity contribution in [2.45, 2.75) is 56.5 Å². The summed E-state index contributed by atoms with van der Waals surface area (Å²) in [6.45, 7) is 1.20. The Balaban J connectivity index is 0.00000180. The molecule has 4 atom stereocenters. The molecule has 4 unspecified atom stereocenters. The van der Waals surface area contributed by atoms with Crippen LogP contribution < -0.4 is 20.5 Å². The Morgan fingerprint density at radius 2 is 1.74 bits per heavy atom. The van der Waals surface area contributed by atoms with Gasteiger partial charge in [-0.15, -0.1) is 12.4 Å². The fourth-order valence-electron chi connectivity index (χ4n) is 5.44. The maximum atomic E-state index is 12.9. The highest BCUT2D eigenvalue weighted by atomic mass is 35.5. The molecule has 1 heterocycles. The third-order valence-electron chi connectivity index (χ3n) is 6.81. The number of ether oxygens (including phenoxy) is 2. The Bertz CT molecular complexity index is 699. The van der Waals surface area contributed by atoms with E-state index in [-0.39, 0.29) is 24.2 Å². The van der Waals surface area contributed by atoms with Crippen LogP contribution in [0.25, 0.3) is 0 Å². The number of nitrogens with two attached hydrogens (primary N) is 1. The molecule has 5 nitrogen and oxygen atoms in total. The molecule has 27 heavy (non-hydrogen) atoms. The van der Waals surface area contributed by atoms with E-state index < -0.39 is 0 Å². The maximum absolute atomic E-state index is 12.9. The number of benzene rings is 1. The van der Waals surface area contributed by atoms with Crippen molar-refractivity contribution in [2.24, 2.45) is 23.5 Å². The highest BCUT2D eigenvalue weighted by molar-refractivity contribution is 5.85. The van der Waals surface area contributed by atoms with Crippen LogP contribution in [0.1, 0.15) is 50.0 Å². The monoisotopic (exact) mass is 392 g/mol. The lowest BCUT2D eigenvalue weighted by Crippen LogP contribution is -2.54. The van der Waals surface area contributed by atoms with E-state index in [0.29, 0.717) is 43.1 Å². The molecule has 0 radical (unpaired) electrons. The lowest BCUT2D eigenvalue weighted by Gasteiger charge is -2.45. The Morgan fingerprint density at radius 1 is 1.04 bits per heavy atom. The number of halogens is 1. The van der Waals surface area contributed by atoms with Gasteiger partial charge in [0.05, 0.1) is 0 Å². The van der Waals surface area contributed by atoms with Gasteiger partial charge in [-0.25, -0.2) is 0 Å². The first-order chi connectivity index (χ1) is 12.7. The van der Waals surface area contributed by atoms with E-state index in [1.165, 1.54) is 24.8 Å². The Hall–Kier alpha value is -1.46. The number of fused-ring (bicyclic) bond motifs is 3. The van der Waals surface area contributed by atoms with Crippen LogP contribution in [-0.4, -0.2) is 31.2 Å². The van der Waals surface area contributed by atoms with Crippen molar-refractivity contribution in [1.29, 1.82) is 0 Å². The third kappa shape index (κ3) is 3.64. The van der Waals surface area contributed by atoms with E-state index in [1.54, 1.807) is 0 Å². The van der Waals surface area contributed by atoms with Crippen LogP contribution in [0.2, 0.25) is 0 Å². The number of carbonyl (C=O) groups excluding carboxylic acids is 1. The van der Waals surface area contributed by atoms with Crippen molar-refractivity contribution in [1.82, 2.24) is 5.32 Å². The summed E-state index contributed by atoms with van der Waals surface area (Å²) in [4.78, 5) is 12.9. The van der Waals surface area contributed by atoms with Gasteiger partial charge in [-0.2, -0.15) is 0 Å². The zero-order chi connectivity index (χ0) is 17.7. The number of carbonyl (C=O) groups is 1. The predicted octanol–water partition coefficient (Wildman–Crippen LogP) is 3.01. The zero-order valence-electron chi connectivity index (χ0n) is 15.6. The first-order valence-electron chi connectivity index (χ1n) is 10.1. The summed E-state index contributed by atoms with van der Waals surface area (Å²) in [5.74, 6) is 3.44. The minimum Gasteiger partial charge on any atom is -0.486 e. The van der Waals surface area contributed by atoms with Crippen LogP contribution in [0, 0.1) is 17.8 Å². The van der Waals surface area contributed by atoms with Gasteiger partial charge in [0.15, 0.2) is 11.5 Å². The van der Waals surface area contributed by atoms with Gasteiger partial charge >= 0.3 is 0 Å². The Morgan fingerprint density at radius 3 is 2.48 bits per heavy atom. The van der Waals surface area contributed by atoms with Gasteiger partial charge in [0.1, 0.15) is 13.2 Å². The van der Waals surface area contributed by atoms with Crippen molar-refractivity contribution in [2.75, 3.05) is 13.2 Å². The van der Waals surface area contributed by atoms with Gasteiger partial charge in [-0.3, -0.25) is 4.79 Å². The molecule has 4 aliphatic rings. The largest absolute Gasteiger partial charge is 0.486 e. The molecule has 5 rings (SSSR count). The summed E-state index contributed by atoms with van der Waals surface area (Å²) in [6, 6.07) is 6.78. The molecule has 1 aromatic carbocycles. The first-order valence-corrected chi connectivity index (χ1v) is 10.1. The molecule has 1 aliphatic heterocycles. The topological polar surface area (TPSA) is 73.6 Å². The van der Waals surface area contributed by atoms with E-state index >= 15 is 0 Å². The minimum absolute atomic E-state index is 0. The Labute approximate surface area is 166 Å². The second-order valence-corrected chi connectivity index (χ2v) is 8.57. The summed E-state index contributed by atoms with van der Waals surface area (Å²) in [5, 5.41) is 3.42. The number of hydrogen-bond acceptors (Lipinski definition) is 4. The molecule has 0 spiro atoms. The van der Waals surface area contributed by atoms with Crippen molar-refractivity contribution in [3.63, 3.8) is 0 Å². The van der Waals surface area contributed by atoms with E-state index in [0.717, 1.165) is 30.8 Å². The van der Waals surface area contributed by atoms with E-state index in [4.69, 9.17) is 15.2 Å². The van der Waals surface area contributed by atoms with Crippen molar-refractivity contribution in [3.8, 4) is 11.5 Å². The minimum atomic E-state index is 0. The molecule has 2 bridgehead atoms. The zero-order valence-corrected chi connectivity index (χ0v) is 16.4. The van der Waals surface area contributed by atoms with Gasteiger partial charge in [0, 0.05) is 18.0 Å². The number of nitrogens with one attached hydrogen (secondary N) is 1. The Kier molecular flexibility index (Phi) is 5.26. The van der Waals surface area contributed by atoms with Crippen molar-refractivity contribution < 1.29 is 14.3 Å². The van der Waals surface area contributed by atoms with Gasteiger partial charge < -0.3 is 20.5 Å². The molecule has 6 heteroatoms. The summed E-state index contributed by atoms with van der Waals surface area (Å²) in [6.07, 6.45) is 6.79. The van der Waals surface area contributed by atoms with Crippen LogP contribution in [0.3, 0.4) is 0 Å². The second-order valence-electron chi connectivity index (χ2n) is 8.57. The predicted molar refractivity (Wildman–Crippen MR) is 105 cm³/mol. The SMILES string of the molecule is Cl.NC1CC2CCCC(C1)C2NC(=O)C1CC1c1ccc2c(c1)OCCO2. The van der Waals surface area contributed by atoms with Gasteiger partial charge in [-0.1, -0.05) is 12.5 Å². The first kappa shape index (κ1) is 18.9. The molecular formula is C21H29ClN2O3. The molecule has 148 valence electrons. The summed E-state index contributed by atoms with van der Waals surface area (Å²) in [7, 11) is 0. The maximum Gasteiger partial charge on any atom is 0.223 e.